The summed E-state index contributed by atoms with van der Waals surface area (Å²) in [6.45, 7) is 0.617. The maximum Gasteiger partial charge on any atom is 0.260 e. The van der Waals surface area contributed by atoms with Crippen LogP contribution in [0, 0.1) is 0 Å². The third-order valence-corrected chi connectivity index (χ3v) is 6.03. The maximum absolute atomic E-state index is 12.0. The molecule has 0 atom stereocenters. The van der Waals surface area contributed by atoms with E-state index in [4.69, 9.17) is 18.0 Å². The number of nitrogen functional groups attached to an aromatic ring is 1. The van der Waals surface area contributed by atoms with Gasteiger partial charge in [-0.2, -0.15) is 0 Å². The van der Waals surface area contributed by atoms with E-state index in [1.807, 2.05) is 42.3 Å². The Kier molecular flexibility index (Phi) is 5.95. The Bertz CT molecular complexity index is 1000. The standard InChI is InChI=1S/C18H17BrN4OS2/c1-23(18(25)26-10-11-2-5-13(19)6-3-11)9-12-4-7-15-14(8-12)16(24)22-17(20)21-15/h2-8H,9-10H2,1H3,(H3,20,21,22,24). The van der Waals surface area contributed by atoms with Gasteiger partial charge in [-0.1, -0.05) is 58.1 Å². The summed E-state index contributed by atoms with van der Waals surface area (Å²) >= 11 is 10.6. The summed E-state index contributed by atoms with van der Waals surface area (Å²) < 4.78 is 1.87. The molecule has 26 heavy (non-hydrogen) atoms. The maximum atomic E-state index is 12.0. The lowest BCUT2D eigenvalue weighted by Crippen LogP contribution is -2.22. The molecule has 0 saturated heterocycles. The summed E-state index contributed by atoms with van der Waals surface area (Å²) in [5.41, 5.74) is 8.14. The predicted molar refractivity (Wildman–Crippen MR) is 116 cm³/mol. The molecule has 134 valence electrons. The van der Waals surface area contributed by atoms with Crippen molar-refractivity contribution in [2.75, 3.05) is 12.8 Å². The van der Waals surface area contributed by atoms with Crippen LogP contribution < -0.4 is 11.3 Å². The summed E-state index contributed by atoms with van der Waals surface area (Å²) in [5.74, 6) is 0.940. The van der Waals surface area contributed by atoms with Gasteiger partial charge in [-0.05, 0) is 35.4 Å². The van der Waals surface area contributed by atoms with E-state index in [-0.39, 0.29) is 11.5 Å². The van der Waals surface area contributed by atoms with Gasteiger partial charge < -0.3 is 10.6 Å². The van der Waals surface area contributed by atoms with Gasteiger partial charge in [0.2, 0.25) is 5.95 Å². The molecule has 0 aliphatic rings. The highest BCUT2D eigenvalue weighted by atomic mass is 79.9. The Balaban J connectivity index is 1.66. The van der Waals surface area contributed by atoms with E-state index in [1.54, 1.807) is 11.8 Å². The minimum absolute atomic E-state index is 0.123. The molecule has 3 aromatic rings. The highest BCUT2D eigenvalue weighted by Gasteiger charge is 2.09. The number of H-pyrrole nitrogens is 1. The monoisotopic (exact) mass is 448 g/mol. The van der Waals surface area contributed by atoms with E-state index in [0.29, 0.717) is 17.4 Å². The van der Waals surface area contributed by atoms with E-state index in [2.05, 4.69) is 38.0 Å². The average molecular weight is 449 g/mol. The van der Waals surface area contributed by atoms with Gasteiger partial charge in [-0.25, -0.2) is 4.98 Å². The molecule has 2 aromatic carbocycles. The lowest BCUT2D eigenvalue weighted by Gasteiger charge is -2.19. The first-order valence-corrected chi connectivity index (χ1v) is 10.0. The van der Waals surface area contributed by atoms with Gasteiger partial charge in [0.1, 0.15) is 4.32 Å². The molecule has 0 aliphatic heterocycles. The summed E-state index contributed by atoms with van der Waals surface area (Å²) in [6, 6.07) is 13.8. The van der Waals surface area contributed by atoms with E-state index >= 15 is 0 Å². The van der Waals surface area contributed by atoms with Crippen LogP contribution in [0.1, 0.15) is 11.1 Å². The third-order valence-electron chi connectivity index (χ3n) is 3.80. The molecule has 8 heteroatoms. The fraction of sp³-hybridized carbons (Fsp3) is 0.167. The van der Waals surface area contributed by atoms with Crippen LogP contribution in [0.15, 0.2) is 51.7 Å². The number of nitrogens with two attached hydrogens (primary N) is 1. The Morgan fingerprint density at radius 1 is 1.27 bits per heavy atom. The van der Waals surface area contributed by atoms with Crippen LogP contribution in [0.5, 0.6) is 0 Å². The Labute approximate surface area is 169 Å². The van der Waals surface area contributed by atoms with Gasteiger partial charge in [0.05, 0.1) is 10.9 Å². The topological polar surface area (TPSA) is 75.0 Å². The van der Waals surface area contributed by atoms with E-state index in [1.165, 1.54) is 5.56 Å². The molecule has 5 nitrogen and oxygen atoms in total. The molecule has 1 aromatic heterocycles. The summed E-state index contributed by atoms with van der Waals surface area (Å²) in [5, 5.41) is 0.526. The predicted octanol–water partition coefficient (Wildman–Crippen LogP) is 3.92. The highest BCUT2D eigenvalue weighted by molar-refractivity contribution is 9.10. The highest BCUT2D eigenvalue weighted by Crippen LogP contribution is 2.20. The van der Waals surface area contributed by atoms with Gasteiger partial charge in [0.25, 0.3) is 5.56 Å². The second kappa shape index (κ2) is 8.20. The van der Waals surface area contributed by atoms with E-state index < -0.39 is 0 Å². The van der Waals surface area contributed by atoms with Crippen molar-refractivity contribution in [1.29, 1.82) is 0 Å². The van der Waals surface area contributed by atoms with Gasteiger partial charge in [-0.3, -0.25) is 9.78 Å². The van der Waals surface area contributed by atoms with Crippen molar-refractivity contribution < 1.29 is 0 Å². The fourth-order valence-corrected chi connectivity index (χ4v) is 3.75. The van der Waals surface area contributed by atoms with Crippen LogP contribution >= 0.6 is 39.9 Å². The number of aromatic nitrogens is 2. The van der Waals surface area contributed by atoms with Crippen molar-refractivity contribution >= 4 is 61.1 Å². The number of anilines is 1. The zero-order valence-corrected chi connectivity index (χ0v) is 17.2. The lowest BCUT2D eigenvalue weighted by atomic mass is 10.1. The molecule has 3 rings (SSSR count). The molecular formula is C18H17BrN4OS2. The molecule has 0 saturated carbocycles. The quantitative estimate of drug-likeness (QED) is 0.589. The number of fused-ring (bicyclic) bond motifs is 1. The van der Waals surface area contributed by atoms with Crippen molar-refractivity contribution in [2.24, 2.45) is 0 Å². The van der Waals surface area contributed by atoms with Crippen molar-refractivity contribution in [3.05, 3.63) is 68.4 Å². The van der Waals surface area contributed by atoms with Crippen molar-refractivity contribution in [3.8, 4) is 0 Å². The zero-order valence-electron chi connectivity index (χ0n) is 14.0. The number of thiocarbonyl (C=S) groups is 1. The number of hydrogen-bond acceptors (Lipinski definition) is 5. The molecule has 0 aliphatic carbocycles. The van der Waals surface area contributed by atoms with E-state index in [9.17, 15) is 4.79 Å². The smallest absolute Gasteiger partial charge is 0.260 e. The minimum Gasteiger partial charge on any atom is -0.369 e. The fourth-order valence-electron chi connectivity index (χ4n) is 2.48. The van der Waals surface area contributed by atoms with Crippen LogP contribution in [0.3, 0.4) is 0 Å². The van der Waals surface area contributed by atoms with Gasteiger partial charge >= 0.3 is 0 Å². The second-order valence-corrected chi connectivity index (χ2v) is 8.36. The summed E-state index contributed by atoms with van der Waals surface area (Å²) in [7, 11) is 1.95. The Hall–Kier alpha value is -1.90. The molecule has 3 N–H and O–H groups in total. The largest absolute Gasteiger partial charge is 0.369 e. The lowest BCUT2D eigenvalue weighted by molar-refractivity contribution is 0.519. The number of halogens is 1. The van der Waals surface area contributed by atoms with Crippen LogP contribution in [0.25, 0.3) is 10.9 Å². The second-order valence-electron chi connectivity index (χ2n) is 5.84. The van der Waals surface area contributed by atoms with Crippen LogP contribution in [-0.2, 0) is 12.3 Å². The molecule has 0 radical (unpaired) electrons. The number of aromatic amines is 1. The molecule has 0 bridgehead atoms. The first kappa shape index (κ1) is 18.9. The van der Waals surface area contributed by atoms with E-state index in [0.717, 1.165) is 20.1 Å². The number of hydrogen-bond donors (Lipinski definition) is 2. The Morgan fingerprint density at radius 3 is 2.69 bits per heavy atom. The normalized spacial score (nSPS) is 10.8. The van der Waals surface area contributed by atoms with Crippen LogP contribution in [-0.4, -0.2) is 26.2 Å². The number of benzene rings is 2. The van der Waals surface area contributed by atoms with Crippen molar-refractivity contribution in [3.63, 3.8) is 0 Å². The zero-order chi connectivity index (χ0) is 18.7. The average Bonchev–Trinajstić information content (AvgIpc) is 2.61. The number of nitrogens with one attached hydrogen (secondary N) is 1. The SMILES string of the molecule is CN(Cc1ccc2nc(N)[nH]c(=O)c2c1)C(=S)SCc1ccc(Br)cc1. The molecule has 1 heterocycles. The first-order valence-electron chi connectivity index (χ1n) is 7.83. The van der Waals surface area contributed by atoms with Crippen molar-refractivity contribution in [1.82, 2.24) is 14.9 Å². The van der Waals surface area contributed by atoms with Gasteiger partial charge in [0.15, 0.2) is 0 Å². The van der Waals surface area contributed by atoms with Crippen LogP contribution in [0.2, 0.25) is 0 Å². The number of thioether (sulfide) groups is 1. The number of rotatable bonds is 4. The minimum atomic E-state index is -0.232. The van der Waals surface area contributed by atoms with Gasteiger partial charge in [0, 0.05) is 23.8 Å². The van der Waals surface area contributed by atoms with Crippen molar-refractivity contribution in [2.45, 2.75) is 12.3 Å². The molecule has 0 fully saturated rings. The van der Waals surface area contributed by atoms with Crippen LogP contribution in [0.4, 0.5) is 5.95 Å². The third kappa shape index (κ3) is 4.63. The summed E-state index contributed by atoms with van der Waals surface area (Å²) in [4.78, 5) is 20.7. The molecule has 0 unspecified atom stereocenters. The molecule has 0 spiro atoms. The van der Waals surface area contributed by atoms with Gasteiger partial charge in [-0.15, -0.1) is 0 Å². The Morgan fingerprint density at radius 2 is 1.96 bits per heavy atom. The number of nitrogens with zero attached hydrogens (tertiary/aromatic N) is 2. The summed E-state index contributed by atoms with van der Waals surface area (Å²) in [6.07, 6.45) is 0. The molecular weight excluding hydrogens is 432 g/mol. The molecule has 0 amide bonds. The first-order chi connectivity index (χ1) is 12.4.